The van der Waals surface area contributed by atoms with E-state index in [1.54, 1.807) is 26.0 Å². The molecule has 0 saturated carbocycles. The van der Waals surface area contributed by atoms with Crippen LogP contribution < -0.4 is 10.6 Å². The molecule has 2 aromatic rings. The average Bonchev–Trinajstić information content (AvgIpc) is 2.91. The predicted molar refractivity (Wildman–Crippen MR) is 133 cm³/mol. The van der Waals surface area contributed by atoms with E-state index in [0.717, 1.165) is 0 Å². The van der Waals surface area contributed by atoms with Gasteiger partial charge >= 0.3 is 5.97 Å². The van der Waals surface area contributed by atoms with Crippen LogP contribution in [0.1, 0.15) is 29.8 Å². The van der Waals surface area contributed by atoms with E-state index >= 15 is 0 Å². The molecule has 1 aliphatic heterocycles. The zero-order valence-electron chi connectivity index (χ0n) is 20.5. The maximum Gasteiger partial charge on any atom is 0.329 e. The lowest BCUT2D eigenvalue weighted by Gasteiger charge is -2.26. The molecular formula is C25H28N4O7S. The summed E-state index contributed by atoms with van der Waals surface area (Å²) in [5, 5.41) is 14.0. The van der Waals surface area contributed by atoms with Crippen molar-refractivity contribution in [1.82, 2.24) is 9.62 Å². The monoisotopic (exact) mass is 528 g/mol. The number of benzene rings is 2. The van der Waals surface area contributed by atoms with E-state index in [9.17, 15) is 22.8 Å². The SMILES string of the molecule is CC(C)[C@H](NC(=O)c1cccc(S(=O)(=O)N2CCOCC2)c1)C(=O)OCC(=O)Nc1ccc(C#N)cc1. The molecule has 0 radical (unpaired) electrons. The Balaban J connectivity index is 1.62. The molecule has 2 aromatic carbocycles. The number of carbonyl (C=O) groups excluding carboxylic acids is 3. The van der Waals surface area contributed by atoms with E-state index in [4.69, 9.17) is 14.7 Å². The number of carbonyl (C=O) groups is 3. The lowest BCUT2D eigenvalue weighted by atomic mass is 10.0. The van der Waals surface area contributed by atoms with Crippen LogP contribution in [-0.4, -0.2) is 69.5 Å². The van der Waals surface area contributed by atoms with Gasteiger partial charge in [-0.2, -0.15) is 9.57 Å². The van der Waals surface area contributed by atoms with Gasteiger partial charge in [-0.3, -0.25) is 9.59 Å². The highest BCUT2D eigenvalue weighted by atomic mass is 32.2. The predicted octanol–water partition coefficient (Wildman–Crippen LogP) is 1.52. The van der Waals surface area contributed by atoms with Crippen molar-refractivity contribution in [3.63, 3.8) is 0 Å². The summed E-state index contributed by atoms with van der Waals surface area (Å²) in [6.45, 7) is 3.85. The first-order valence-electron chi connectivity index (χ1n) is 11.6. The van der Waals surface area contributed by atoms with Crippen molar-refractivity contribution in [1.29, 1.82) is 5.26 Å². The van der Waals surface area contributed by atoms with Crippen LogP contribution in [0, 0.1) is 17.2 Å². The van der Waals surface area contributed by atoms with Crippen LogP contribution in [0.4, 0.5) is 5.69 Å². The normalized spacial score (nSPS) is 14.9. The van der Waals surface area contributed by atoms with Gasteiger partial charge in [0.05, 0.1) is 29.7 Å². The molecule has 0 unspecified atom stereocenters. The molecule has 2 amide bonds. The number of hydrogen-bond acceptors (Lipinski definition) is 8. The molecule has 12 heteroatoms. The first kappa shape index (κ1) is 27.8. The molecule has 1 saturated heterocycles. The molecule has 2 N–H and O–H groups in total. The molecule has 1 fully saturated rings. The fraction of sp³-hybridized carbons (Fsp3) is 0.360. The highest BCUT2D eigenvalue weighted by Gasteiger charge is 2.29. The minimum absolute atomic E-state index is 0.0369. The van der Waals surface area contributed by atoms with Crippen LogP contribution in [0.5, 0.6) is 0 Å². The minimum Gasteiger partial charge on any atom is -0.454 e. The van der Waals surface area contributed by atoms with Gasteiger partial charge in [0, 0.05) is 24.3 Å². The lowest BCUT2D eigenvalue weighted by Crippen LogP contribution is -2.46. The zero-order chi connectivity index (χ0) is 27.0. The van der Waals surface area contributed by atoms with Gasteiger partial charge in [-0.25, -0.2) is 13.2 Å². The summed E-state index contributed by atoms with van der Waals surface area (Å²) < 4.78 is 37.5. The maximum absolute atomic E-state index is 12.9. The summed E-state index contributed by atoms with van der Waals surface area (Å²) >= 11 is 0. The largest absolute Gasteiger partial charge is 0.454 e. The van der Waals surface area contributed by atoms with E-state index in [-0.39, 0.29) is 29.5 Å². The second kappa shape index (κ2) is 12.4. The number of anilines is 1. The Kier molecular flexibility index (Phi) is 9.35. The van der Waals surface area contributed by atoms with Gasteiger partial charge < -0.3 is 20.1 Å². The van der Waals surface area contributed by atoms with E-state index in [2.05, 4.69) is 10.6 Å². The Hall–Kier alpha value is -3.79. The number of morpholine rings is 1. The highest BCUT2D eigenvalue weighted by Crippen LogP contribution is 2.19. The molecule has 1 heterocycles. The van der Waals surface area contributed by atoms with Crippen LogP contribution >= 0.6 is 0 Å². The van der Waals surface area contributed by atoms with Crippen LogP contribution in [0.2, 0.25) is 0 Å². The number of hydrogen-bond donors (Lipinski definition) is 2. The first-order chi connectivity index (χ1) is 17.6. The molecule has 0 bridgehead atoms. The van der Waals surface area contributed by atoms with Crippen LogP contribution in [-0.2, 0) is 29.1 Å². The second-order valence-corrected chi connectivity index (χ2v) is 10.5. The van der Waals surface area contributed by atoms with Gasteiger partial charge in [-0.05, 0) is 48.4 Å². The third-order valence-corrected chi connectivity index (χ3v) is 7.45. The number of nitrogens with one attached hydrogen (secondary N) is 2. The number of sulfonamides is 1. The van der Waals surface area contributed by atoms with Crippen molar-refractivity contribution in [3.05, 3.63) is 59.7 Å². The Morgan fingerprint density at radius 3 is 2.41 bits per heavy atom. The third-order valence-electron chi connectivity index (χ3n) is 5.55. The zero-order valence-corrected chi connectivity index (χ0v) is 21.3. The number of amides is 2. The molecule has 1 atom stereocenters. The average molecular weight is 529 g/mol. The first-order valence-corrected chi connectivity index (χ1v) is 13.0. The van der Waals surface area contributed by atoms with E-state index in [0.29, 0.717) is 24.5 Å². The third kappa shape index (κ3) is 7.36. The lowest BCUT2D eigenvalue weighted by molar-refractivity contribution is -0.150. The molecule has 11 nitrogen and oxygen atoms in total. The number of nitriles is 1. The van der Waals surface area contributed by atoms with Gasteiger partial charge in [0.1, 0.15) is 6.04 Å². The van der Waals surface area contributed by atoms with Crippen molar-refractivity contribution in [2.45, 2.75) is 24.8 Å². The fourth-order valence-electron chi connectivity index (χ4n) is 3.51. The molecule has 196 valence electrons. The fourth-order valence-corrected chi connectivity index (χ4v) is 4.96. The van der Waals surface area contributed by atoms with Gasteiger partial charge in [-0.1, -0.05) is 19.9 Å². The van der Waals surface area contributed by atoms with Crippen LogP contribution in [0.15, 0.2) is 53.4 Å². The van der Waals surface area contributed by atoms with E-state index in [1.807, 2.05) is 6.07 Å². The summed E-state index contributed by atoms with van der Waals surface area (Å²) in [6.07, 6.45) is 0. The molecule has 0 aliphatic carbocycles. The Labute approximate surface area is 215 Å². The molecule has 0 spiro atoms. The Bertz CT molecular complexity index is 1280. The maximum atomic E-state index is 12.9. The highest BCUT2D eigenvalue weighted by molar-refractivity contribution is 7.89. The summed E-state index contributed by atoms with van der Waals surface area (Å²) in [6, 6.07) is 12.6. The van der Waals surface area contributed by atoms with Crippen molar-refractivity contribution in [3.8, 4) is 6.07 Å². The molecule has 37 heavy (non-hydrogen) atoms. The van der Waals surface area contributed by atoms with Gasteiger partial charge in [-0.15, -0.1) is 0 Å². The van der Waals surface area contributed by atoms with Crippen molar-refractivity contribution >= 4 is 33.5 Å². The van der Waals surface area contributed by atoms with Crippen LogP contribution in [0.25, 0.3) is 0 Å². The molecule has 1 aliphatic rings. The smallest absolute Gasteiger partial charge is 0.329 e. The summed E-state index contributed by atoms with van der Waals surface area (Å²) in [7, 11) is -3.81. The second-order valence-electron chi connectivity index (χ2n) is 8.58. The number of nitrogens with zero attached hydrogens (tertiary/aromatic N) is 2. The molecular weight excluding hydrogens is 500 g/mol. The van der Waals surface area contributed by atoms with Crippen molar-refractivity contribution in [2.75, 3.05) is 38.2 Å². The topological polar surface area (TPSA) is 155 Å². The van der Waals surface area contributed by atoms with E-state index < -0.39 is 40.5 Å². The van der Waals surface area contributed by atoms with Crippen molar-refractivity contribution < 1.29 is 32.3 Å². The Morgan fingerprint density at radius 2 is 1.78 bits per heavy atom. The molecule has 0 aromatic heterocycles. The summed E-state index contributed by atoms with van der Waals surface area (Å²) in [4.78, 5) is 37.7. The number of ether oxygens (including phenoxy) is 2. The number of rotatable bonds is 9. The van der Waals surface area contributed by atoms with E-state index in [1.165, 1.54) is 40.7 Å². The standard InChI is InChI=1S/C25H28N4O7S/c1-17(2)23(25(32)36-16-22(30)27-20-8-6-18(15-26)7-9-20)28-24(31)19-4-3-5-21(14-19)37(33,34)29-10-12-35-13-11-29/h3-9,14,17,23H,10-13,16H2,1-2H3,(H,27,30)(H,28,31)/t23-/m0/s1. The van der Waals surface area contributed by atoms with Gasteiger partial charge in [0.25, 0.3) is 11.8 Å². The summed E-state index contributed by atoms with van der Waals surface area (Å²) in [5.74, 6) is -2.43. The van der Waals surface area contributed by atoms with Gasteiger partial charge in [0.15, 0.2) is 6.61 Å². The van der Waals surface area contributed by atoms with Crippen molar-refractivity contribution in [2.24, 2.45) is 5.92 Å². The Morgan fingerprint density at radius 1 is 1.11 bits per heavy atom. The summed E-state index contributed by atoms with van der Waals surface area (Å²) in [5.41, 5.74) is 0.927. The van der Waals surface area contributed by atoms with Gasteiger partial charge in [0.2, 0.25) is 10.0 Å². The minimum atomic E-state index is -3.81. The number of esters is 1. The molecule has 3 rings (SSSR count). The quantitative estimate of drug-likeness (QED) is 0.464. The van der Waals surface area contributed by atoms with Crippen LogP contribution in [0.3, 0.4) is 0 Å².